The molecule has 0 aliphatic heterocycles. The fraction of sp³-hybridized carbons (Fsp3) is 0.421. The topological polar surface area (TPSA) is 121 Å². The first-order valence-electron chi connectivity index (χ1n) is 16.3. The summed E-state index contributed by atoms with van der Waals surface area (Å²) < 4.78 is 10.8. The number of hydrogen-bond donors (Lipinski definition) is 2. The minimum atomic E-state index is -0.732. The van der Waals surface area contributed by atoms with Crippen molar-refractivity contribution >= 4 is 41.1 Å². The van der Waals surface area contributed by atoms with Gasteiger partial charge < -0.3 is 25.0 Å². The molecule has 11 nitrogen and oxygen atoms in total. The number of ether oxygens (including phenoxy) is 2. The van der Waals surface area contributed by atoms with Gasteiger partial charge in [-0.15, -0.1) is 0 Å². The largest absolute Gasteiger partial charge is 0.444 e. The van der Waals surface area contributed by atoms with Crippen LogP contribution >= 0.6 is 0 Å². The van der Waals surface area contributed by atoms with Crippen molar-refractivity contribution in [1.29, 1.82) is 0 Å². The molecule has 49 heavy (non-hydrogen) atoms. The SMILES string of the molecule is CC(C(=O)Nc1ccc(CN(Cc2ccc(NC(=O)C(C)N(C)C(=O)OC(C)(C)C)cc2)c2ccccc2)cc1)N(C)C(=O)OC(C)(C)C. The van der Waals surface area contributed by atoms with Gasteiger partial charge in [-0.3, -0.25) is 19.4 Å². The molecule has 3 aromatic carbocycles. The fourth-order valence-electron chi connectivity index (χ4n) is 4.53. The molecule has 0 saturated carbocycles. The van der Waals surface area contributed by atoms with Crippen LogP contribution in [0.15, 0.2) is 78.9 Å². The molecule has 0 spiro atoms. The lowest BCUT2D eigenvalue weighted by atomic mass is 10.1. The lowest BCUT2D eigenvalue weighted by Crippen LogP contribution is -2.45. The summed E-state index contributed by atoms with van der Waals surface area (Å²) in [5, 5.41) is 5.76. The summed E-state index contributed by atoms with van der Waals surface area (Å²) in [4.78, 5) is 55.3. The van der Waals surface area contributed by atoms with Crippen LogP contribution in [0.5, 0.6) is 0 Å². The number of benzene rings is 3. The van der Waals surface area contributed by atoms with E-state index in [2.05, 4.69) is 15.5 Å². The van der Waals surface area contributed by atoms with Gasteiger partial charge in [0.1, 0.15) is 23.3 Å². The highest BCUT2D eigenvalue weighted by atomic mass is 16.6. The molecule has 3 rings (SSSR count). The molecule has 0 bridgehead atoms. The van der Waals surface area contributed by atoms with Crippen LogP contribution < -0.4 is 15.5 Å². The Morgan fingerprint density at radius 3 is 1.27 bits per heavy atom. The molecular weight excluding hydrogens is 622 g/mol. The van der Waals surface area contributed by atoms with Crippen molar-refractivity contribution in [3.05, 3.63) is 90.0 Å². The van der Waals surface area contributed by atoms with Crippen LogP contribution in [0, 0.1) is 0 Å². The van der Waals surface area contributed by atoms with Crippen LogP contribution in [-0.2, 0) is 32.2 Å². The van der Waals surface area contributed by atoms with E-state index in [4.69, 9.17) is 9.47 Å². The van der Waals surface area contributed by atoms with Crippen LogP contribution in [0.2, 0.25) is 0 Å². The average Bonchev–Trinajstić information content (AvgIpc) is 3.03. The molecule has 0 heterocycles. The standard InChI is InChI=1S/C38H51N5O6/c1-26(41(9)35(46)48-37(3,4)5)33(44)39-30-20-16-28(17-21-30)24-43(32-14-12-11-13-15-32)25-29-18-22-31(23-19-29)40-34(45)27(2)42(10)36(47)49-38(6,7)8/h11-23,26-27H,24-25H2,1-10H3,(H,39,44)(H,40,45). The van der Waals surface area contributed by atoms with Gasteiger partial charge in [-0.2, -0.15) is 0 Å². The number of anilines is 3. The Balaban J connectivity index is 1.64. The fourth-order valence-corrected chi connectivity index (χ4v) is 4.53. The molecule has 0 aliphatic carbocycles. The number of rotatable bonds is 11. The highest BCUT2D eigenvalue weighted by Gasteiger charge is 2.28. The van der Waals surface area contributed by atoms with E-state index in [0.717, 1.165) is 16.8 Å². The molecule has 264 valence electrons. The quantitative estimate of drug-likeness (QED) is 0.220. The maximum Gasteiger partial charge on any atom is 0.410 e. The summed E-state index contributed by atoms with van der Waals surface area (Å²) in [5.41, 5.74) is 3.03. The van der Waals surface area contributed by atoms with Gasteiger partial charge >= 0.3 is 12.2 Å². The van der Waals surface area contributed by atoms with Crippen molar-refractivity contribution in [3.8, 4) is 0 Å². The zero-order valence-corrected chi connectivity index (χ0v) is 30.4. The molecule has 3 aromatic rings. The van der Waals surface area contributed by atoms with Crippen LogP contribution in [0.4, 0.5) is 26.7 Å². The van der Waals surface area contributed by atoms with E-state index in [1.54, 1.807) is 55.4 Å². The maximum atomic E-state index is 12.9. The Labute approximate surface area is 290 Å². The zero-order chi connectivity index (χ0) is 36.5. The van der Waals surface area contributed by atoms with Gasteiger partial charge in [-0.05, 0) is 103 Å². The Morgan fingerprint density at radius 2 is 0.939 bits per heavy atom. The molecule has 2 N–H and O–H groups in total. The van der Waals surface area contributed by atoms with Gasteiger partial charge in [0.15, 0.2) is 0 Å². The number of likely N-dealkylation sites (N-methyl/N-ethyl adjacent to an activating group) is 2. The second-order valence-corrected chi connectivity index (χ2v) is 14.1. The zero-order valence-electron chi connectivity index (χ0n) is 30.4. The van der Waals surface area contributed by atoms with Gasteiger partial charge in [-0.25, -0.2) is 9.59 Å². The number of hydrogen-bond acceptors (Lipinski definition) is 7. The first kappa shape index (κ1) is 38.4. The van der Waals surface area contributed by atoms with E-state index >= 15 is 0 Å². The number of amides is 4. The molecule has 0 saturated heterocycles. The van der Waals surface area contributed by atoms with Crippen molar-refractivity contribution in [1.82, 2.24) is 9.80 Å². The van der Waals surface area contributed by atoms with Crippen molar-refractivity contribution in [2.75, 3.05) is 29.6 Å². The average molecular weight is 674 g/mol. The number of nitrogens with zero attached hydrogens (tertiary/aromatic N) is 3. The number of para-hydroxylation sites is 1. The van der Waals surface area contributed by atoms with E-state index in [9.17, 15) is 19.2 Å². The third-order valence-corrected chi connectivity index (χ3v) is 7.59. The second-order valence-electron chi connectivity index (χ2n) is 14.1. The first-order valence-corrected chi connectivity index (χ1v) is 16.3. The molecule has 4 amide bonds. The lowest BCUT2D eigenvalue weighted by molar-refractivity contribution is -0.120. The third-order valence-electron chi connectivity index (χ3n) is 7.59. The lowest BCUT2D eigenvalue weighted by Gasteiger charge is -2.28. The normalized spacial score (nSPS) is 12.6. The van der Waals surface area contributed by atoms with Gasteiger partial charge in [0.25, 0.3) is 0 Å². The maximum absolute atomic E-state index is 12.9. The molecule has 0 fully saturated rings. The summed E-state index contributed by atoms with van der Waals surface area (Å²) in [6.07, 6.45) is -1.13. The number of carbonyl (C=O) groups is 4. The summed E-state index contributed by atoms with van der Waals surface area (Å²) >= 11 is 0. The first-order chi connectivity index (χ1) is 22.8. The molecular formula is C38H51N5O6. The van der Waals surface area contributed by atoms with Gasteiger partial charge in [-0.1, -0.05) is 42.5 Å². The van der Waals surface area contributed by atoms with E-state index in [0.29, 0.717) is 24.5 Å². The predicted molar refractivity (Wildman–Crippen MR) is 193 cm³/mol. The Kier molecular flexibility index (Phi) is 12.8. The molecule has 0 aliphatic rings. The minimum Gasteiger partial charge on any atom is -0.444 e. The second kappa shape index (κ2) is 16.4. The third kappa shape index (κ3) is 12.2. The highest BCUT2D eigenvalue weighted by Crippen LogP contribution is 2.22. The Bertz CT molecular complexity index is 1460. The van der Waals surface area contributed by atoms with E-state index in [-0.39, 0.29) is 11.8 Å². The van der Waals surface area contributed by atoms with Crippen LogP contribution in [0.1, 0.15) is 66.5 Å². The smallest absolute Gasteiger partial charge is 0.410 e. The van der Waals surface area contributed by atoms with Crippen molar-refractivity contribution in [3.63, 3.8) is 0 Å². The van der Waals surface area contributed by atoms with Crippen LogP contribution in [-0.4, -0.2) is 71.2 Å². The molecule has 11 heteroatoms. The molecule has 0 aromatic heterocycles. The number of carbonyl (C=O) groups excluding carboxylic acids is 4. The van der Waals surface area contributed by atoms with Crippen molar-refractivity contribution < 1.29 is 28.7 Å². The van der Waals surface area contributed by atoms with E-state index in [1.165, 1.54) is 23.9 Å². The van der Waals surface area contributed by atoms with Gasteiger partial charge in [0.2, 0.25) is 11.8 Å². The monoisotopic (exact) mass is 673 g/mol. The molecule has 0 radical (unpaired) electrons. The van der Waals surface area contributed by atoms with Crippen molar-refractivity contribution in [2.45, 2.75) is 91.8 Å². The molecule has 2 unspecified atom stereocenters. The van der Waals surface area contributed by atoms with Gasteiger partial charge in [0.05, 0.1) is 0 Å². The Morgan fingerprint density at radius 1 is 0.592 bits per heavy atom. The highest BCUT2D eigenvalue weighted by molar-refractivity contribution is 5.97. The number of nitrogens with one attached hydrogen (secondary N) is 2. The summed E-state index contributed by atoms with van der Waals surface area (Å²) in [6.45, 7) is 15.2. The van der Waals surface area contributed by atoms with Crippen LogP contribution in [0.25, 0.3) is 0 Å². The summed E-state index contributed by atoms with van der Waals surface area (Å²) in [7, 11) is 3.08. The Hall–Kier alpha value is -5.06. The molecule has 2 atom stereocenters. The minimum absolute atomic E-state index is 0.323. The summed E-state index contributed by atoms with van der Waals surface area (Å²) in [6, 6.07) is 23.8. The van der Waals surface area contributed by atoms with E-state index in [1.807, 2.05) is 78.9 Å². The summed E-state index contributed by atoms with van der Waals surface area (Å²) in [5.74, 6) is -0.646. The van der Waals surface area contributed by atoms with Crippen LogP contribution in [0.3, 0.4) is 0 Å². The van der Waals surface area contributed by atoms with E-state index < -0.39 is 35.5 Å². The predicted octanol–water partition coefficient (Wildman–Crippen LogP) is 7.28. The van der Waals surface area contributed by atoms with Gasteiger partial charge in [0, 0.05) is 44.2 Å². The van der Waals surface area contributed by atoms with Crippen molar-refractivity contribution in [2.24, 2.45) is 0 Å².